The molecule has 24 heavy (non-hydrogen) atoms. The van der Waals surface area contributed by atoms with Crippen molar-refractivity contribution >= 4 is 50.8 Å². The lowest BCUT2D eigenvalue weighted by Gasteiger charge is -2.14. The van der Waals surface area contributed by atoms with Gasteiger partial charge < -0.3 is 5.32 Å². The zero-order chi connectivity index (χ0) is 17.7. The molecule has 5 nitrogen and oxygen atoms in total. The van der Waals surface area contributed by atoms with Gasteiger partial charge in [-0.05, 0) is 42.8 Å². The molecule has 0 saturated carbocycles. The molecule has 0 bridgehead atoms. The molecule has 0 spiro atoms. The van der Waals surface area contributed by atoms with Crippen molar-refractivity contribution in [2.24, 2.45) is 0 Å². The molecule has 0 unspecified atom stereocenters. The summed E-state index contributed by atoms with van der Waals surface area (Å²) in [4.78, 5) is 13.1. The Morgan fingerprint density at radius 2 is 1.58 bits per heavy atom. The number of rotatable bonds is 6. The number of hydrogen-bond acceptors (Lipinski definition) is 5. The molecule has 0 fully saturated rings. The van der Waals surface area contributed by atoms with Crippen molar-refractivity contribution in [1.82, 2.24) is 0 Å². The summed E-state index contributed by atoms with van der Waals surface area (Å²) < 4.78 is 27.9. The fourth-order valence-corrected chi connectivity index (χ4v) is 4.33. The van der Waals surface area contributed by atoms with Crippen LogP contribution in [0, 0.1) is 0 Å². The summed E-state index contributed by atoms with van der Waals surface area (Å²) in [6.07, 6.45) is 3.75. The summed E-state index contributed by atoms with van der Waals surface area (Å²) in [5.41, 5.74) is 1.01. The van der Waals surface area contributed by atoms with Crippen LogP contribution in [0.2, 0.25) is 0 Å². The first-order valence-corrected chi connectivity index (χ1v) is 10.9. The second-order valence-corrected chi connectivity index (χ2v) is 8.23. The third-order valence-corrected chi connectivity index (χ3v) is 6.10. The monoisotopic (exact) mass is 382 g/mol. The van der Waals surface area contributed by atoms with Gasteiger partial charge in [-0.2, -0.15) is 0 Å². The van der Waals surface area contributed by atoms with E-state index in [4.69, 9.17) is 0 Å². The van der Waals surface area contributed by atoms with E-state index in [1.54, 1.807) is 18.2 Å². The maximum absolute atomic E-state index is 12.7. The molecule has 0 aliphatic rings. The van der Waals surface area contributed by atoms with Crippen LogP contribution in [0.1, 0.15) is 6.92 Å². The summed E-state index contributed by atoms with van der Waals surface area (Å²) in [6, 6.07) is 11.9. The van der Waals surface area contributed by atoms with E-state index in [-0.39, 0.29) is 10.8 Å². The molecular weight excluding hydrogens is 364 g/mol. The number of carbonyl (C=O) groups is 1. The molecule has 0 aromatic heterocycles. The smallest absolute Gasteiger partial charge is 0.262 e. The van der Waals surface area contributed by atoms with Gasteiger partial charge in [0.1, 0.15) is 0 Å². The minimum Gasteiger partial charge on any atom is -0.325 e. The maximum Gasteiger partial charge on any atom is 0.262 e. The van der Waals surface area contributed by atoms with Crippen LogP contribution in [0.25, 0.3) is 0 Å². The Balaban J connectivity index is 2.40. The molecule has 0 aliphatic heterocycles. The van der Waals surface area contributed by atoms with Crippen molar-refractivity contribution in [1.29, 1.82) is 0 Å². The van der Waals surface area contributed by atoms with Crippen molar-refractivity contribution in [3.8, 4) is 0 Å². The van der Waals surface area contributed by atoms with E-state index >= 15 is 0 Å². The van der Waals surface area contributed by atoms with Crippen LogP contribution in [-0.2, 0) is 14.8 Å². The molecule has 0 radical (unpaired) electrons. The molecule has 0 saturated heterocycles. The van der Waals surface area contributed by atoms with Crippen molar-refractivity contribution in [2.75, 3.05) is 22.6 Å². The van der Waals surface area contributed by atoms with Gasteiger partial charge in [0.2, 0.25) is 5.91 Å². The Bertz CT molecular complexity index is 851. The standard InChI is InChI=1S/C16H18N2O3S3/c1-11(19)17-14-10-12(8-9-16(14)23-3)24(20,21)18-13-6-4-5-7-15(13)22-2/h4-10,18H,1-3H3,(H,17,19). The molecule has 1 amide bonds. The highest BCUT2D eigenvalue weighted by atomic mass is 32.2. The highest BCUT2D eigenvalue weighted by Crippen LogP contribution is 2.31. The molecule has 0 heterocycles. The quantitative estimate of drug-likeness (QED) is 0.742. The Kier molecular flexibility index (Phi) is 6.20. The second kappa shape index (κ2) is 7.96. The topological polar surface area (TPSA) is 75.3 Å². The van der Waals surface area contributed by atoms with Crippen molar-refractivity contribution < 1.29 is 13.2 Å². The van der Waals surface area contributed by atoms with Gasteiger partial charge in [0.15, 0.2) is 0 Å². The van der Waals surface area contributed by atoms with Crippen LogP contribution in [0.5, 0.6) is 0 Å². The minimum absolute atomic E-state index is 0.0972. The van der Waals surface area contributed by atoms with Gasteiger partial charge in [-0.1, -0.05) is 12.1 Å². The molecule has 8 heteroatoms. The van der Waals surface area contributed by atoms with E-state index in [0.717, 1.165) is 9.79 Å². The lowest BCUT2D eigenvalue weighted by atomic mass is 10.3. The fraction of sp³-hybridized carbons (Fsp3) is 0.188. The van der Waals surface area contributed by atoms with Gasteiger partial charge in [-0.3, -0.25) is 9.52 Å². The van der Waals surface area contributed by atoms with Gasteiger partial charge in [0.25, 0.3) is 10.0 Å². The number of amides is 1. The number of nitrogens with one attached hydrogen (secondary N) is 2. The van der Waals surface area contributed by atoms with E-state index in [1.165, 1.54) is 42.6 Å². The molecule has 0 atom stereocenters. The number of sulfonamides is 1. The Morgan fingerprint density at radius 1 is 0.958 bits per heavy atom. The van der Waals surface area contributed by atoms with E-state index in [0.29, 0.717) is 11.4 Å². The molecule has 0 aliphatic carbocycles. The molecular formula is C16H18N2O3S3. The SMILES string of the molecule is CSc1ccc(S(=O)(=O)Nc2ccccc2SC)cc1NC(C)=O. The summed E-state index contributed by atoms with van der Waals surface area (Å²) >= 11 is 2.90. The third-order valence-electron chi connectivity index (χ3n) is 3.14. The van der Waals surface area contributed by atoms with Crippen LogP contribution in [0.4, 0.5) is 11.4 Å². The summed E-state index contributed by atoms with van der Waals surface area (Å²) in [5, 5.41) is 2.67. The van der Waals surface area contributed by atoms with E-state index in [1.807, 2.05) is 24.6 Å². The van der Waals surface area contributed by atoms with Gasteiger partial charge >= 0.3 is 0 Å². The molecule has 128 valence electrons. The Morgan fingerprint density at radius 3 is 2.21 bits per heavy atom. The number of hydrogen-bond donors (Lipinski definition) is 2. The van der Waals surface area contributed by atoms with Crippen LogP contribution in [-0.4, -0.2) is 26.8 Å². The lowest BCUT2D eigenvalue weighted by molar-refractivity contribution is -0.114. The molecule has 2 aromatic carbocycles. The number of thioether (sulfide) groups is 2. The van der Waals surface area contributed by atoms with E-state index in [2.05, 4.69) is 10.0 Å². The van der Waals surface area contributed by atoms with E-state index in [9.17, 15) is 13.2 Å². The number of carbonyl (C=O) groups excluding carboxylic acids is 1. The second-order valence-electron chi connectivity index (χ2n) is 4.85. The maximum atomic E-state index is 12.7. The third kappa shape index (κ3) is 4.46. The van der Waals surface area contributed by atoms with Gasteiger partial charge in [-0.15, -0.1) is 23.5 Å². The Hall–Kier alpha value is -1.64. The van der Waals surface area contributed by atoms with Gasteiger partial charge in [-0.25, -0.2) is 8.42 Å². The fourth-order valence-electron chi connectivity index (χ4n) is 2.07. The number of anilines is 2. The molecule has 2 N–H and O–H groups in total. The lowest BCUT2D eigenvalue weighted by Crippen LogP contribution is -2.14. The molecule has 2 aromatic rings. The highest BCUT2D eigenvalue weighted by Gasteiger charge is 2.18. The predicted molar refractivity (Wildman–Crippen MR) is 102 cm³/mol. The highest BCUT2D eigenvalue weighted by molar-refractivity contribution is 7.99. The van der Waals surface area contributed by atoms with Crippen molar-refractivity contribution in [3.63, 3.8) is 0 Å². The average Bonchev–Trinajstić information content (AvgIpc) is 2.54. The zero-order valence-corrected chi connectivity index (χ0v) is 15.9. The summed E-state index contributed by atoms with van der Waals surface area (Å²) in [6.45, 7) is 1.39. The zero-order valence-electron chi connectivity index (χ0n) is 13.5. The average molecular weight is 383 g/mol. The van der Waals surface area contributed by atoms with Crippen LogP contribution < -0.4 is 10.0 Å². The predicted octanol–water partition coefficient (Wildman–Crippen LogP) is 3.89. The van der Waals surface area contributed by atoms with Crippen molar-refractivity contribution in [2.45, 2.75) is 21.6 Å². The summed E-state index contributed by atoms with van der Waals surface area (Å²) in [7, 11) is -3.75. The largest absolute Gasteiger partial charge is 0.325 e. The normalized spacial score (nSPS) is 11.1. The van der Waals surface area contributed by atoms with Crippen LogP contribution in [0.3, 0.4) is 0 Å². The van der Waals surface area contributed by atoms with Crippen molar-refractivity contribution in [3.05, 3.63) is 42.5 Å². The first kappa shape index (κ1) is 18.7. The number of benzene rings is 2. The van der Waals surface area contributed by atoms with Crippen LogP contribution >= 0.6 is 23.5 Å². The first-order chi connectivity index (χ1) is 11.4. The summed E-state index contributed by atoms with van der Waals surface area (Å²) in [5.74, 6) is -0.250. The number of para-hydroxylation sites is 1. The van der Waals surface area contributed by atoms with Gasteiger partial charge in [0.05, 0.1) is 16.3 Å². The molecule has 2 rings (SSSR count). The van der Waals surface area contributed by atoms with E-state index < -0.39 is 10.0 Å². The first-order valence-electron chi connectivity index (χ1n) is 6.99. The van der Waals surface area contributed by atoms with Crippen LogP contribution in [0.15, 0.2) is 57.2 Å². The Labute approximate surface area is 150 Å². The minimum atomic E-state index is -3.75. The van der Waals surface area contributed by atoms with Gasteiger partial charge in [0, 0.05) is 16.7 Å².